The molecule has 3 aromatic rings. The molecule has 2 N–H and O–H groups in total. The lowest BCUT2D eigenvalue weighted by molar-refractivity contribution is 0.407. The topological polar surface area (TPSA) is 102 Å². The molecule has 9 heteroatoms. The highest BCUT2D eigenvalue weighted by molar-refractivity contribution is 7.93. The molecule has 0 unspecified atom stereocenters. The van der Waals surface area contributed by atoms with Crippen LogP contribution in [0.2, 0.25) is 0 Å². The number of ether oxygens (including phenoxy) is 1. The SMILES string of the molecule is COc1ccc(S(=O)(=O)Nc2ccc(S(=O)(=O)Nc3ccc(C)c(C)c3)cc2)cc1C(C)C. The van der Waals surface area contributed by atoms with Crippen LogP contribution in [0.3, 0.4) is 0 Å². The van der Waals surface area contributed by atoms with Gasteiger partial charge in [-0.05, 0) is 91.1 Å². The van der Waals surface area contributed by atoms with Crippen LogP contribution in [0.1, 0.15) is 36.5 Å². The molecule has 0 amide bonds. The Morgan fingerprint density at radius 3 is 1.82 bits per heavy atom. The van der Waals surface area contributed by atoms with Crippen molar-refractivity contribution in [1.29, 1.82) is 0 Å². The summed E-state index contributed by atoms with van der Waals surface area (Å²) in [6.07, 6.45) is 0. The molecule has 33 heavy (non-hydrogen) atoms. The maximum absolute atomic E-state index is 12.9. The lowest BCUT2D eigenvalue weighted by Gasteiger charge is -2.15. The van der Waals surface area contributed by atoms with Crippen molar-refractivity contribution in [3.8, 4) is 5.75 Å². The van der Waals surface area contributed by atoms with Gasteiger partial charge >= 0.3 is 0 Å². The van der Waals surface area contributed by atoms with Crippen molar-refractivity contribution >= 4 is 31.4 Å². The Labute approximate surface area is 195 Å². The second-order valence-electron chi connectivity index (χ2n) is 8.09. The molecular formula is C24H28N2O5S2. The Hall–Kier alpha value is -3.04. The lowest BCUT2D eigenvalue weighted by atomic mass is 10.0. The van der Waals surface area contributed by atoms with Crippen LogP contribution in [-0.4, -0.2) is 23.9 Å². The van der Waals surface area contributed by atoms with E-state index in [4.69, 9.17) is 4.74 Å². The summed E-state index contributed by atoms with van der Waals surface area (Å²) in [4.78, 5) is 0.121. The zero-order valence-electron chi connectivity index (χ0n) is 19.2. The average Bonchev–Trinajstić information content (AvgIpc) is 2.75. The number of sulfonamides is 2. The highest BCUT2D eigenvalue weighted by atomic mass is 32.2. The monoisotopic (exact) mass is 488 g/mol. The number of methoxy groups -OCH3 is 1. The Morgan fingerprint density at radius 1 is 0.697 bits per heavy atom. The molecule has 0 radical (unpaired) electrons. The van der Waals surface area contributed by atoms with Gasteiger partial charge in [-0.3, -0.25) is 9.44 Å². The van der Waals surface area contributed by atoms with Crippen molar-refractivity contribution in [3.63, 3.8) is 0 Å². The van der Waals surface area contributed by atoms with E-state index < -0.39 is 20.0 Å². The van der Waals surface area contributed by atoms with Crippen molar-refractivity contribution in [2.24, 2.45) is 0 Å². The van der Waals surface area contributed by atoms with Gasteiger partial charge < -0.3 is 4.74 Å². The number of rotatable bonds is 8. The van der Waals surface area contributed by atoms with Crippen molar-refractivity contribution in [3.05, 3.63) is 77.4 Å². The lowest BCUT2D eigenvalue weighted by Crippen LogP contribution is -2.15. The van der Waals surface area contributed by atoms with E-state index in [0.29, 0.717) is 11.4 Å². The van der Waals surface area contributed by atoms with Crippen LogP contribution >= 0.6 is 0 Å². The zero-order valence-corrected chi connectivity index (χ0v) is 20.8. The summed E-state index contributed by atoms with van der Waals surface area (Å²) in [5.74, 6) is 0.694. The third kappa shape index (κ3) is 5.66. The molecule has 7 nitrogen and oxygen atoms in total. The molecule has 0 heterocycles. The number of hydrogen-bond donors (Lipinski definition) is 2. The molecule has 0 fully saturated rings. The van der Waals surface area contributed by atoms with Crippen LogP contribution in [0.25, 0.3) is 0 Å². The standard InChI is InChI=1S/C24H28N2O5S2/c1-16(2)23-15-22(12-13-24(23)31-5)33(29,30)25-19-8-10-21(11-9-19)32(27,28)26-20-7-6-17(3)18(4)14-20/h6-16,25-26H,1-5H3. The zero-order chi connectivity index (χ0) is 24.4. The minimum atomic E-state index is -3.87. The fraction of sp³-hybridized carbons (Fsp3) is 0.250. The number of anilines is 2. The van der Waals surface area contributed by atoms with Gasteiger partial charge in [-0.15, -0.1) is 0 Å². The first-order chi connectivity index (χ1) is 15.4. The molecule has 0 aliphatic carbocycles. The molecule has 0 aromatic heterocycles. The van der Waals surface area contributed by atoms with Crippen LogP contribution in [0.15, 0.2) is 70.5 Å². The van der Waals surface area contributed by atoms with Crippen LogP contribution in [0.4, 0.5) is 11.4 Å². The Balaban J connectivity index is 1.81. The minimum absolute atomic E-state index is 0.0233. The van der Waals surface area contributed by atoms with Crippen LogP contribution in [0.5, 0.6) is 5.75 Å². The number of benzene rings is 3. The van der Waals surface area contributed by atoms with E-state index in [2.05, 4.69) is 9.44 Å². The predicted octanol–water partition coefficient (Wildman–Crippen LogP) is 5.04. The predicted molar refractivity (Wildman–Crippen MR) is 131 cm³/mol. The highest BCUT2D eigenvalue weighted by Crippen LogP contribution is 2.30. The van der Waals surface area contributed by atoms with Gasteiger partial charge in [0.1, 0.15) is 5.75 Å². The molecule has 0 aliphatic rings. The van der Waals surface area contributed by atoms with Crippen LogP contribution in [-0.2, 0) is 20.0 Å². The van der Waals surface area contributed by atoms with Gasteiger partial charge in [0.25, 0.3) is 20.0 Å². The molecule has 0 saturated heterocycles. The van der Waals surface area contributed by atoms with Crippen LogP contribution in [0, 0.1) is 13.8 Å². The summed E-state index contributed by atoms with van der Waals surface area (Å²) in [5, 5.41) is 0. The molecule has 0 aliphatic heterocycles. The molecule has 0 bridgehead atoms. The first-order valence-electron chi connectivity index (χ1n) is 10.3. The fourth-order valence-electron chi connectivity index (χ4n) is 3.27. The summed E-state index contributed by atoms with van der Waals surface area (Å²) in [6, 6.07) is 15.5. The van der Waals surface area contributed by atoms with Gasteiger partial charge in [0.15, 0.2) is 0 Å². The second kappa shape index (κ2) is 9.44. The molecule has 0 atom stereocenters. The molecule has 0 saturated carbocycles. The number of hydrogen-bond acceptors (Lipinski definition) is 5. The molecule has 3 aromatic carbocycles. The van der Waals surface area contributed by atoms with E-state index in [1.165, 1.54) is 37.4 Å². The largest absolute Gasteiger partial charge is 0.496 e. The summed E-state index contributed by atoms with van der Waals surface area (Å²) in [5.41, 5.74) is 3.52. The normalized spacial score (nSPS) is 11.9. The van der Waals surface area contributed by atoms with Gasteiger partial charge in [-0.2, -0.15) is 0 Å². The fourth-order valence-corrected chi connectivity index (χ4v) is 5.41. The van der Waals surface area contributed by atoms with Gasteiger partial charge in [0, 0.05) is 11.4 Å². The first-order valence-corrected chi connectivity index (χ1v) is 13.3. The van der Waals surface area contributed by atoms with Crippen molar-refractivity contribution in [2.45, 2.75) is 43.4 Å². The van der Waals surface area contributed by atoms with Gasteiger partial charge in [-0.25, -0.2) is 16.8 Å². The smallest absolute Gasteiger partial charge is 0.261 e. The van der Waals surface area contributed by atoms with Crippen molar-refractivity contribution in [1.82, 2.24) is 0 Å². The third-order valence-electron chi connectivity index (χ3n) is 5.31. The van der Waals surface area contributed by atoms with Crippen molar-refractivity contribution < 1.29 is 21.6 Å². The van der Waals surface area contributed by atoms with E-state index in [0.717, 1.165) is 16.7 Å². The number of nitrogens with one attached hydrogen (secondary N) is 2. The van der Waals surface area contributed by atoms with Gasteiger partial charge in [0.2, 0.25) is 0 Å². The van der Waals surface area contributed by atoms with Gasteiger partial charge in [0.05, 0.1) is 16.9 Å². The van der Waals surface area contributed by atoms with E-state index in [1.54, 1.807) is 24.3 Å². The Kier molecular flexibility index (Phi) is 7.04. The van der Waals surface area contributed by atoms with Crippen molar-refractivity contribution in [2.75, 3.05) is 16.6 Å². The van der Waals surface area contributed by atoms with Crippen LogP contribution < -0.4 is 14.2 Å². The van der Waals surface area contributed by atoms with E-state index >= 15 is 0 Å². The number of aryl methyl sites for hydroxylation is 2. The highest BCUT2D eigenvalue weighted by Gasteiger charge is 2.19. The summed E-state index contributed by atoms with van der Waals surface area (Å²) in [7, 11) is -6.15. The first kappa shape index (κ1) is 24.6. The van der Waals surface area contributed by atoms with E-state index in [1.807, 2.05) is 33.8 Å². The quantitative estimate of drug-likeness (QED) is 0.463. The summed E-state index contributed by atoms with van der Waals surface area (Å²) < 4.78 is 61.5. The average molecular weight is 489 g/mol. The molecular weight excluding hydrogens is 460 g/mol. The van der Waals surface area contributed by atoms with E-state index in [9.17, 15) is 16.8 Å². The summed E-state index contributed by atoms with van der Waals surface area (Å²) in [6.45, 7) is 7.75. The maximum atomic E-state index is 12.9. The van der Waals surface area contributed by atoms with Gasteiger partial charge in [-0.1, -0.05) is 19.9 Å². The third-order valence-corrected chi connectivity index (χ3v) is 8.09. The minimum Gasteiger partial charge on any atom is -0.496 e. The Bertz CT molecular complexity index is 1360. The molecule has 0 spiro atoms. The summed E-state index contributed by atoms with van der Waals surface area (Å²) >= 11 is 0. The maximum Gasteiger partial charge on any atom is 0.261 e. The van der Waals surface area contributed by atoms with E-state index in [-0.39, 0.29) is 21.4 Å². The molecule has 176 valence electrons. The Morgan fingerprint density at radius 2 is 1.24 bits per heavy atom. The second-order valence-corrected chi connectivity index (χ2v) is 11.5. The molecule has 3 rings (SSSR count).